The molecule has 4 nitrogen and oxygen atoms in total. The Balaban J connectivity index is 0.00000441. The van der Waals surface area contributed by atoms with Gasteiger partial charge in [-0.3, -0.25) is 4.79 Å². The second-order valence-electron chi connectivity index (χ2n) is 4.41. The summed E-state index contributed by atoms with van der Waals surface area (Å²) in [5.74, 6) is -3.32. The molecule has 0 heterocycles. The molecule has 0 radical (unpaired) electrons. The molecule has 0 aliphatic carbocycles. The van der Waals surface area contributed by atoms with Crippen molar-refractivity contribution in [3.63, 3.8) is 0 Å². The Morgan fingerprint density at radius 3 is 2.14 bits per heavy atom. The molecule has 0 amide bonds. The number of hydrogen-bond acceptors (Lipinski definition) is 4. The van der Waals surface area contributed by atoms with Crippen molar-refractivity contribution in [1.82, 2.24) is 0 Å². The number of rotatable bonds is 5. The topological polar surface area (TPSA) is 66.4 Å². The van der Waals surface area contributed by atoms with Crippen molar-refractivity contribution in [2.75, 3.05) is 6.61 Å². The minimum absolute atomic E-state index is 0. The third-order valence-electron chi connectivity index (χ3n) is 2.91. The standard InChI is InChI=1S/C14H14F3O4.Li/c1-3-21-13(20)12(19)8(2)11(18)9-4-6-10(7-5-9)14(15,16)17;/h4-8,11H,3H2,1-2H3;/q-1;+1. The summed E-state index contributed by atoms with van der Waals surface area (Å²) < 4.78 is 41.7. The molecule has 2 atom stereocenters. The SMILES string of the molecule is CCOC(=O)C(=O)C(C)C([O-])c1ccc(C(F)(F)F)cc1.[Li+]. The van der Waals surface area contributed by atoms with Crippen LogP contribution in [-0.4, -0.2) is 18.4 Å². The van der Waals surface area contributed by atoms with Crippen molar-refractivity contribution >= 4 is 11.8 Å². The third-order valence-corrected chi connectivity index (χ3v) is 2.91. The fourth-order valence-corrected chi connectivity index (χ4v) is 1.68. The zero-order valence-electron chi connectivity index (χ0n) is 12.4. The quantitative estimate of drug-likeness (QED) is 0.392. The largest absolute Gasteiger partial charge is 1.00 e. The molecule has 116 valence electrons. The van der Waals surface area contributed by atoms with Gasteiger partial charge in [-0.05, 0) is 19.1 Å². The van der Waals surface area contributed by atoms with Crippen molar-refractivity contribution in [2.24, 2.45) is 5.92 Å². The number of ketones is 1. The van der Waals surface area contributed by atoms with Gasteiger partial charge in [-0.15, -0.1) is 0 Å². The molecule has 2 unspecified atom stereocenters. The number of alkyl halides is 3. The van der Waals surface area contributed by atoms with E-state index in [1.54, 1.807) is 0 Å². The Labute approximate surface area is 137 Å². The van der Waals surface area contributed by atoms with E-state index in [1.807, 2.05) is 0 Å². The Morgan fingerprint density at radius 1 is 1.23 bits per heavy atom. The number of carbonyl (C=O) groups is 2. The molecule has 0 saturated heterocycles. The van der Waals surface area contributed by atoms with Crippen LogP contribution in [-0.2, 0) is 20.5 Å². The number of benzene rings is 1. The van der Waals surface area contributed by atoms with Gasteiger partial charge in [0.1, 0.15) is 0 Å². The molecule has 0 spiro atoms. The van der Waals surface area contributed by atoms with Gasteiger partial charge in [-0.25, -0.2) is 4.79 Å². The van der Waals surface area contributed by atoms with E-state index >= 15 is 0 Å². The molecule has 1 aromatic carbocycles. The summed E-state index contributed by atoms with van der Waals surface area (Å²) in [6, 6.07) is 3.55. The van der Waals surface area contributed by atoms with Crippen LogP contribution in [0.15, 0.2) is 24.3 Å². The molecule has 0 fully saturated rings. The molecule has 1 aromatic rings. The first kappa shape index (κ1) is 20.7. The predicted molar refractivity (Wildman–Crippen MR) is 65.0 cm³/mol. The average molecular weight is 310 g/mol. The molecule has 0 aromatic heterocycles. The number of hydrogen-bond donors (Lipinski definition) is 0. The van der Waals surface area contributed by atoms with Crippen LogP contribution in [0.3, 0.4) is 0 Å². The molecule has 0 N–H and O–H groups in total. The Hall–Kier alpha value is -1.29. The summed E-state index contributed by atoms with van der Waals surface area (Å²) in [6.07, 6.45) is -6.13. The van der Waals surface area contributed by atoms with Gasteiger partial charge in [-0.2, -0.15) is 13.2 Å². The smallest absolute Gasteiger partial charge is 0.848 e. The van der Waals surface area contributed by atoms with E-state index in [0.29, 0.717) is 0 Å². The van der Waals surface area contributed by atoms with Gasteiger partial charge < -0.3 is 9.84 Å². The van der Waals surface area contributed by atoms with Gasteiger partial charge in [-0.1, -0.05) is 30.7 Å². The molecule has 0 saturated carbocycles. The van der Waals surface area contributed by atoms with Gasteiger partial charge in [0, 0.05) is 5.92 Å². The van der Waals surface area contributed by atoms with Crippen molar-refractivity contribution in [2.45, 2.75) is 26.1 Å². The van der Waals surface area contributed by atoms with Gasteiger partial charge in [0.2, 0.25) is 5.78 Å². The molecule has 1 rings (SSSR count). The maximum atomic E-state index is 12.4. The molecule has 0 bridgehead atoms. The summed E-state index contributed by atoms with van der Waals surface area (Å²) in [7, 11) is 0. The first-order valence-electron chi connectivity index (χ1n) is 6.22. The Bertz CT molecular complexity index is 514. The van der Waals surface area contributed by atoms with Crippen LogP contribution >= 0.6 is 0 Å². The van der Waals surface area contributed by atoms with Crippen LogP contribution < -0.4 is 24.0 Å². The monoisotopic (exact) mass is 310 g/mol. The van der Waals surface area contributed by atoms with Crippen LogP contribution in [0.2, 0.25) is 0 Å². The number of esters is 1. The van der Waals surface area contributed by atoms with E-state index in [2.05, 4.69) is 4.74 Å². The predicted octanol–water partition coefficient (Wildman–Crippen LogP) is -1.12. The average Bonchev–Trinajstić information content (AvgIpc) is 2.44. The maximum Gasteiger partial charge on any atom is 1.00 e. The summed E-state index contributed by atoms with van der Waals surface area (Å²) in [5, 5.41) is 12.0. The molecule has 0 aliphatic rings. The van der Waals surface area contributed by atoms with Gasteiger partial charge in [0.25, 0.3) is 0 Å². The molecule has 8 heteroatoms. The Morgan fingerprint density at radius 2 is 1.73 bits per heavy atom. The third kappa shape index (κ3) is 5.16. The van der Waals surface area contributed by atoms with E-state index in [0.717, 1.165) is 24.3 Å². The number of halogens is 3. The van der Waals surface area contributed by atoms with Crippen LogP contribution in [0.25, 0.3) is 0 Å². The second kappa shape index (κ2) is 8.37. The summed E-state index contributed by atoms with van der Waals surface area (Å²) in [6.45, 7) is 2.76. The minimum atomic E-state index is -4.50. The van der Waals surface area contributed by atoms with Crippen LogP contribution in [0, 0.1) is 5.92 Å². The molecular weight excluding hydrogens is 296 g/mol. The first-order chi connectivity index (χ1) is 9.68. The zero-order valence-corrected chi connectivity index (χ0v) is 12.4. The minimum Gasteiger partial charge on any atom is -0.848 e. The summed E-state index contributed by atoms with van der Waals surface area (Å²) in [4.78, 5) is 22.9. The van der Waals surface area contributed by atoms with Crippen LogP contribution in [0.4, 0.5) is 13.2 Å². The van der Waals surface area contributed by atoms with E-state index in [1.165, 1.54) is 13.8 Å². The van der Waals surface area contributed by atoms with E-state index in [9.17, 15) is 27.9 Å². The first-order valence-corrected chi connectivity index (χ1v) is 6.22. The fourth-order valence-electron chi connectivity index (χ4n) is 1.68. The normalized spacial score (nSPS) is 13.7. The second-order valence-corrected chi connectivity index (χ2v) is 4.41. The maximum absolute atomic E-state index is 12.4. The van der Waals surface area contributed by atoms with Crippen molar-refractivity contribution in [3.05, 3.63) is 35.4 Å². The van der Waals surface area contributed by atoms with Gasteiger partial charge >= 0.3 is 31.0 Å². The van der Waals surface area contributed by atoms with E-state index < -0.39 is 35.5 Å². The van der Waals surface area contributed by atoms with Crippen molar-refractivity contribution < 1.29 is 51.5 Å². The molecule has 0 aliphatic heterocycles. The fraction of sp³-hybridized carbons (Fsp3) is 0.429. The van der Waals surface area contributed by atoms with Crippen LogP contribution in [0.5, 0.6) is 0 Å². The number of Topliss-reactive ketones (excluding diaryl/α,β-unsaturated/α-hetero) is 1. The summed E-state index contributed by atoms with van der Waals surface area (Å²) >= 11 is 0. The molecular formula is C14H14F3LiO4. The van der Waals surface area contributed by atoms with Crippen molar-refractivity contribution in [3.8, 4) is 0 Å². The van der Waals surface area contributed by atoms with Crippen LogP contribution in [0.1, 0.15) is 31.1 Å². The Kier molecular flexibility index (Phi) is 7.88. The zero-order chi connectivity index (χ0) is 16.2. The van der Waals surface area contributed by atoms with E-state index in [4.69, 9.17) is 0 Å². The number of ether oxygens (including phenoxy) is 1. The van der Waals surface area contributed by atoms with Crippen molar-refractivity contribution in [1.29, 1.82) is 0 Å². The van der Waals surface area contributed by atoms with Gasteiger partial charge in [0.15, 0.2) is 0 Å². The molecule has 22 heavy (non-hydrogen) atoms. The van der Waals surface area contributed by atoms with Gasteiger partial charge in [0.05, 0.1) is 12.2 Å². The van der Waals surface area contributed by atoms with E-state index in [-0.39, 0.29) is 31.0 Å². The number of carbonyl (C=O) groups excluding carboxylic acids is 2. The summed E-state index contributed by atoms with van der Waals surface area (Å²) in [5.41, 5.74) is -0.879.